The highest BCUT2D eigenvalue weighted by molar-refractivity contribution is 5.81. The highest BCUT2D eigenvalue weighted by atomic mass is 16.5. The summed E-state index contributed by atoms with van der Waals surface area (Å²) in [6, 6.07) is 9.69. The second kappa shape index (κ2) is 4.84. The maximum Gasteiger partial charge on any atom is 0.238 e. The van der Waals surface area contributed by atoms with Crippen molar-refractivity contribution in [1.82, 2.24) is 10.1 Å². The van der Waals surface area contributed by atoms with Gasteiger partial charge in [-0.05, 0) is 25.0 Å². The lowest BCUT2D eigenvalue weighted by atomic mass is 9.88. The minimum absolute atomic E-state index is 0.188. The molecule has 21 heavy (non-hydrogen) atoms. The quantitative estimate of drug-likeness (QED) is 0.716. The van der Waals surface area contributed by atoms with Gasteiger partial charge >= 0.3 is 0 Å². The number of hydrogen-bond acceptors (Lipinski definition) is 5. The predicted molar refractivity (Wildman–Crippen MR) is 75.7 cm³/mol. The fraction of sp³-hybridized carbons (Fsp3) is 0.312. The number of rotatable bonds is 2. The fourth-order valence-corrected chi connectivity index (χ4v) is 2.78. The number of fused-ring (bicyclic) bond motifs is 1. The van der Waals surface area contributed by atoms with Crippen LogP contribution in [0.1, 0.15) is 37.5 Å². The van der Waals surface area contributed by atoms with Crippen LogP contribution in [0.3, 0.4) is 0 Å². The molecule has 106 valence electrons. The molecule has 0 atom stereocenters. The SMILES string of the molecule is O=C1CCC(c2nc(-c3cc4ccccc4o3)no2)CC1. The molecule has 0 spiro atoms. The Morgan fingerprint density at radius 1 is 1.14 bits per heavy atom. The van der Waals surface area contributed by atoms with Crippen molar-refractivity contribution >= 4 is 16.8 Å². The zero-order valence-corrected chi connectivity index (χ0v) is 11.4. The largest absolute Gasteiger partial charge is 0.453 e. The number of carbonyl (C=O) groups excluding carboxylic acids is 1. The molecule has 0 unspecified atom stereocenters. The van der Waals surface area contributed by atoms with Gasteiger partial charge in [0.2, 0.25) is 11.7 Å². The number of ketones is 1. The molecule has 1 aliphatic carbocycles. The van der Waals surface area contributed by atoms with Crippen LogP contribution < -0.4 is 0 Å². The summed E-state index contributed by atoms with van der Waals surface area (Å²) in [4.78, 5) is 15.7. The number of carbonyl (C=O) groups is 1. The Balaban J connectivity index is 1.63. The maximum absolute atomic E-state index is 11.3. The zero-order valence-electron chi connectivity index (χ0n) is 11.4. The third-order valence-corrected chi connectivity index (χ3v) is 3.98. The van der Waals surface area contributed by atoms with E-state index in [1.807, 2.05) is 30.3 Å². The van der Waals surface area contributed by atoms with Crippen LogP contribution in [-0.2, 0) is 4.79 Å². The summed E-state index contributed by atoms with van der Waals surface area (Å²) in [5.74, 6) is 2.20. The molecule has 1 fully saturated rings. The van der Waals surface area contributed by atoms with Crippen LogP contribution in [-0.4, -0.2) is 15.9 Å². The summed E-state index contributed by atoms with van der Waals surface area (Å²) in [7, 11) is 0. The highest BCUT2D eigenvalue weighted by Crippen LogP contribution is 2.32. The lowest BCUT2D eigenvalue weighted by Crippen LogP contribution is -2.12. The summed E-state index contributed by atoms with van der Waals surface area (Å²) < 4.78 is 11.1. The molecule has 1 aliphatic rings. The molecule has 2 heterocycles. The van der Waals surface area contributed by atoms with Crippen molar-refractivity contribution in [1.29, 1.82) is 0 Å². The number of Topliss-reactive ketones (excluding diaryl/α,β-unsaturated/α-hetero) is 1. The Morgan fingerprint density at radius 3 is 2.76 bits per heavy atom. The van der Waals surface area contributed by atoms with Gasteiger partial charge in [-0.3, -0.25) is 4.79 Å². The van der Waals surface area contributed by atoms with E-state index in [2.05, 4.69) is 10.1 Å². The highest BCUT2D eigenvalue weighted by Gasteiger charge is 2.25. The van der Waals surface area contributed by atoms with E-state index < -0.39 is 0 Å². The molecule has 5 nitrogen and oxygen atoms in total. The second-order valence-electron chi connectivity index (χ2n) is 5.42. The van der Waals surface area contributed by atoms with E-state index >= 15 is 0 Å². The van der Waals surface area contributed by atoms with Crippen LogP contribution >= 0.6 is 0 Å². The second-order valence-corrected chi connectivity index (χ2v) is 5.42. The van der Waals surface area contributed by atoms with Crippen molar-refractivity contribution < 1.29 is 13.7 Å². The van der Waals surface area contributed by atoms with Crippen molar-refractivity contribution in [3.05, 3.63) is 36.2 Å². The molecule has 1 saturated carbocycles. The molecule has 3 aromatic rings. The normalized spacial score (nSPS) is 16.7. The average Bonchev–Trinajstić information content (AvgIpc) is 3.14. The van der Waals surface area contributed by atoms with Crippen molar-refractivity contribution in [2.45, 2.75) is 31.6 Å². The van der Waals surface area contributed by atoms with Crippen LogP contribution in [0.4, 0.5) is 0 Å². The van der Waals surface area contributed by atoms with Gasteiger partial charge in [-0.1, -0.05) is 23.4 Å². The Kier molecular flexibility index (Phi) is 2.84. The van der Waals surface area contributed by atoms with E-state index in [0.29, 0.717) is 36.1 Å². The van der Waals surface area contributed by atoms with Gasteiger partial charge in [0, 0.05) is 24.1 Å². The van der Waals surface area contributed by atoms with Gasteiger partial charge in [0.05, 0.1) is 0 Å². The topological polar surface area (TPSA) is 69.1 Å². The van der Waals surface area contributed by atoms with Crippen LogP contribution in [0.15, 0.2) is 39.3 Å². The minimum Gasteiger partial charge on any atom is -0.453 e. The van der Waals surface area contributed by atoms with E-state index in [0.717, 1.165) is 23.8 Å². The Labute approximate surface area is 120 Å². The minimum atomic E-state index is 0.188. The summed E-state index contributed by atoms with van der Waals surface area (Å²) in [5, 5.41) is 5.03. The molecule has 0 bridgehead atoms. The van der Waals surface area contributed by atoms with Gasteiger partial charge in [0.15, 0.2) is 5.76 Å². The Morgan fingerprint density at radius 2 is 1.95 bits per heavy atom. The van der Waals surface area contributed by atoms with Crippen molar-refractivity contribution in [3.8, 4) is 11.6 Å². The average molecular weight is 282 g/mol. The summed E-state index contributed by atoms with van der Waals surface area (Å²) in [6.45, 7) is 0. The van der Waals surface area contributed by atoms with E-state index in [-0.39, 0.29) is 5.92 Å². The Hall–Kier alpha value is -2.43. The van der Waals surface area contributed by atoms with E-state index in [9.17, 15) is 4.79 Å². The molecule has 0 N–H and O–H groups in total. The van der Waals surface area contributed by atoms with Crippen LogP contribution in [0.5, 0.6) is 0 Å². The molecule has 1 aromatic carbocycles. The first-order chi connectivity index (χ1) is 10.3. The number of nitrogens with zero attached hydrogens (tertiary/aromatic N) is 2. The smallest absolute Gasteiger partial charge is 0.238 e. The van der Waals surface area contributed by atoms with Gasteiger partial charge < -0.3 is 8.94 Å². The standard InChI is InChI=1S/C16H14N2O3/c19-12-7-5-10(6-8-12)16-17-15(18-21-16)14-9-11-3-1-2-4-13(11)20-14/h1-4,9-10H,5-8H2. The third kappa shape index (κ3) is 2.24. The van der Waals surface area contributed by atoms with E-state index in [1.54, 1.807) is 0 Å². The van der Waals surface area contributed by atoms with Crippen molar-refractivity contribution in [3.63, 3.8) is 0 Å². The first-order valence-corrected chi connectivity index (χ1v) is 7.14. The first-order valence-electron chi connectivity index (χ1n) is 7.14. The molecular formula is C16H14N2O3. The zero-order chi connectivity index (χ0) is 14.2. The van der Waals surface area contributed by atoms with Crippen molar-refractivity contribution in [2.75, 3.05) is 0 Å². The van der Waals surface area contributed by atoms with Gasteiger partial charge in [-0.15, -0.1) is 0 Å². The number of hydrogen-bond donors (Lipinski definition) is 0. The summed E-state index contributed by atoms with van der Waals surface area (Å²) in [5.41, 5.74) is 0.808. The van der Waals surface area contributed by atoms with Gasteiger partial charge in [-0.2, -0.15) is 4.98 Å². The number of aromatic nitrogens is 2. The summed E-state index contributed by atoms with van der Waals surface area (Å²) >= 11 is 0. The van der Waals surface area contributed by atoms with E-state index in [1.165, 1.54) is 0 Å². The number of furan rings is 1. The predicted octanol–water partition coefficient (Wildman–Crippen LogP) is 3.71. The Bertz CT molecular complexity index is 760. The van der Waals surface area contributed by atoms with Crippen LogP contribution in [0.25, 0.3) is 22.6 Å². The summed E-state index contributed by atoms with van der Waals surface area (Å²) in [6.07, 6.45) is 2.79. The maximum atomic E-state index is 11.3. The van der Waals surface area contributed by atoms with Crippen LogP contribution in [0, 0.1) is 0 Å². The molecule has 0 aliphatic heterocycles. The van der Waals surface area contributed by atoms with E-state index in [4.69, 9.17) is 8.94 Å². The molecular weight excluding hydrogens is 268 g/mol. The molecule has 0 saturated heterocycles. The molecule has 2 aromatic heterocycles. The molecule has 0 amide bonds. The number of benzene rings is 1. The third-order valence-electron chi connectivity index (χ3n) is 3.98. The van der Waals surface area contributed by atoms with Gasteiger partial charge in [0.1, 0.15) is 11.4 Å². The van der Waals surface area contributed by atoms with Crippen LogP contribution in [0.2, 0.25) is 0 Å². The molecule has 5 heteroatoms. The van der Waals surface area contributed by atoms with Gasteiger partial charge in [-0.25, -0.2) is 0 Å². The van der Waals surface area contributed by atoms with Gasteiger partial charge in [0.25, 0.3) is 0 Å². The monoisotopic (exact) mass is 282 g/mol. The first kappa shape index (κ1) is 12.3. The lowest BCUT2D eigenvalue weighted by Gasteiger charge is -2.16. The lowest BCUT2D eigenvalue weighted by molar-refractivity contribution is -0.120. The molecule has 0 radical (unpaired) electrons. The number of para-hydroxylation sites is 1. The van der Waals surface area contributed by atoms with Crippen molar-refractivity contribution in [2.24, 2.45) is 0 Å². The molecule has 4 rings (SSSR count). The fourth-order valence-electron chi connectivity index (χ4n) is 2.78.